The van der Waals surface area contributed by atoms with E-state index >= 15 is 0 Å². The van der Waals surface area contributed by atoms with Gasteiger partial charge in [0.05, 0.1) is 6.54 Å². The molecule has 0 spiro atoms. The molecule has 0 aliphatic rings. The Morgan fingerprint density at radius 2 is 1.90 bits per heavy atom. The number of benzene rings is 2. The lowest BCUT2D eigenvalue weighted by molar-refractivity contribution is -0.135. The van der Waals surface area contributed by atoms with Gasteiger partial charge in [0, 0.05) is 5.69 Å². The Bertz CT molecular complexity index is 584. The molecule has 4 heteroatoms. The van der Waals surface area contributed by atoms with Crippen molar-refractivity contribution in [2.75, 3.05) is 24.6 Å². The van der Waals surface area contributed by atoms with E-state index < -0.39 is 5.97 Å². The second-order valence-electron chi connectivity index (χ2n) is 4.82. The van der Waals surface area contributed by atoms with Crippen molar-refractivity contribution in [3.05, 3.63) is 60.2 Å². The molecule has 0 saturated heterocycles. The zero-order valence-electron chi connectivity index (χ0n) is 12.0. The van der Waals surface area contributed by atoms with Crippen LogP contribution in [-0.4, -0.2) is 30.8 Å². The zero-order valence-corrected chi connectivity index (χ0v) is 12.0. The molecule has 0 atom stereocenters. The molecule has 0 heterocycles. The van der Waals surface area contributed by atoms with Crippen LogP contribution < -0.4 is 9.64 Å². The van der Waals surface area contributed by atoms with E-state index in [4.69, 9.17) is 9.84 Å². The lowest BCUT2D eigenvalue weighted by Crippen LogP contribution is -2.33. The van der Waals surface area contributed by atoms with Crippen molar-refractivity contribution in [1.29, 1.82) is 0 Å². The molecule has 1 N–H and O–H groups in total. The number of nitrogens with zero attached hydrogens (tertiary/aromatic N) is 1. The minimum absolute atomic E-state index is 0.0405. The number of rotatable bonds is 7. The predicted molar refractivity (Wildman–Crippen MR) is 83.0 cm³/mol. The van der Waals surface area contributed by atoms with E-state index in [9.17, 15) is 4.79 Å². The summed E-state index contributed by atoms with van der Waals surface area (Å²) >= 11 is 0. The Kier molecular flexibility index (Phi) is 5.21. The quantitative estimate of drug-likeness (QED) is 0.849. The molecule has 2 aromatic carbocycles. The van der Waals surface area contributed by atoms with Gasteiger partial charge < -0.3 is 14.7 Å². The SMILES string of the molecule is Cc1cccc(OCCN(CC(=O)O)c2ccccc2)c1. The lowest BCUT2D eigenvalue weighted by Gasteiger charge is -2.22. The Labute approximate surface area is 124 Å². The summed E-state index contributed by atoms with van der Waals surface area (Å²) in [6.45, 7) is 2.92. The van der Waals surface area contributed by atoms with Gasteiger partial charge in [-0.25, -0.2) is 0 Å². The molecule has 0 bridgehead atoms. The number of hydrogen-bond acceptors (Lipinski definition) is 3. The van der Waals surface area contributed by atoms with E-state index in [-0.39, 0.29) is 6.54 Å². The predicted octanol–water partition coefficient (Wildman–Crippen LogP) is 2.97. The van der Waals surface area contributed by atoms with Gasteiger partial charge in [-0.2, -0.15) is 0 Å². The fourth-order valence-corrected chi connectivity index (χ4v) is 2.08. The second-order valence-corrected chi connectivity index (χ2v) is 4.82. The standard InChI is InChI=1S/C17H19NO3/c1-14-6-5-9-16(12-14)21-11-10-18(13-17(19)20)15-7-3-2-4-8-15/h2-9,12H,10-11,13H2,1H3,(H,19,20). The molecule has 110 valence electrons. The summed E-state index contributed by atoms with van der Waals surface area (Å²) in [6, 6.07) is 17.3. The van der Waals surface area contributed by atoms with Crippen LogP contribution in [0.3, 0.4) is 0 Å². The van der Waals surface area contributed by atoms with Crippen LogP contribution in [0.5, 0.6) is 5.75 Å². The van der Waals surface area contributed by atoms with Gasteiger partial charge in [0.15, 0.2) is 0 Å². The van der Waals surface area contributed by atoms with Gasteiger partial charge in [0.1, 0.15) is 18.9 Å². The van der Waals surface area contributed by atoms with Crippen LogP contribution >= 0.6 is 0 Å². The van der Waals surface area contributed by atoms with E-state index in [0.29, 0.717) is 13.2 Å². The smallest absolute Gasteiger partial charge is 0.323 e. The number of hydrogen-bond donors (Lipinski definition) is 1. The van der Waals surface area contributed by atoms with Gasteiger partial charge in [0.2, 0.25) is 0 Å². The molecule has 0 amide bonds. The maximum atomic E-state index is 11.0. The average Bonchev–Trinajstić information content (AvgIpc) is 2.47. The van der Waals surface area contributed by atoms with Crippen LogP contribution in [0.15, 0.2) is 54.6 Å². The highest BCUT2D eigenvalue weighted by atomic mass is 16.5. The van der Waals surface area contributed by atoms with Crippen LogP contribution in [0.2, 0.25) is 0 Å². The molecule has 4 nitrogen and oxygen atoms in total. The number of anilines is 1. The number of aliphatic carboxylic acids is 1. The summed E-state index contributed by atoms with van der Waals surface area (Å²) in [4.78, 5) is 12.8. The van der Waals surface area contributed by atoms with Gasteiger partial charge in [-0.05, 0) is 36.8 Å². The van der Waals surface area contributed by atoms with Gasteiger partial charge in [-0.1, -0.05) is 30.3 Å². The molecule has 0 aromatic heterocycles. The first kappa shape index (κ1) is 14.9. The van der Waals surface area contributed by atoms with E-state index in [2.05, 4.69) is 0 Å². The largest absolute Gasteiger partial charge is 0.492 e. The first-order chi connectivity index (χ1) is 10.1. The van der Waals surface area contributed by atoms with Crippen molar-refractivity contribution < 1.29 is 14.6 Å². The van der Waals surface area contributed by atoms with Gasteiger partial charge >= 0.3 is 5.97 Å². The van der Waals surface area contributed by atoms with Crippen molar-refractivity contribution in [3.8, 4) is 5.75 Å². The number of carbonyl (C=O) groups is 1. The van der Waals surface area contributed by atoms with Crippen LogP contribution in [0.4, 0.5) is 5.69 Å². The minimum Gasteiger partial charge on any atom is -0.492 e. The van der Waals surface area contributed by atoms with Gasteiger partial charge in [-0.15, -0.1) is 0 Å². The normalized spacial score (nSPS) is 10.1. The van der Waals surface area contributed by atoms with Crippen molar-refractivity contribution in [2.45, 2.75) is 6.92 Å². The fraction of sp³-hybridized carbons (Fsp3) is 0.235. The minimum atomic E-state index is -0.852. The fourth-order valence-electron chi connectivity index (χ4n) is 2.08. The maximum Gasteiger partial charge on any atom is 0.323 e. The van der Waals surface area contributed by atoms with Gasteiger partial charge in [-0.3, -0.25) is 4.79 Å². The van der Waals surface area contributed by atoms with Crippen molar-refractivity contribution >= 4 is 11.7 Å². The summed E-state index contributed by atoms with van der Waals surface area (Å²) in [7, 11) is 0. The summed E-state index contributed by atoms with van der Waals surface area (Å²) in [5, 5.41) is 9.02. The monoisotopic (exact) mass is 285 g/mol. The lowest BCUT2D eigenvalue weighted by atomic mass is 10.2. The third kappa shape index (κ3) is 4.84. The summed E-state index contributed by atoms with van der Waals surface area (Å²) in [5.41, 5.74) is 2.02. The molecule has 0 aliphatic heterocycles. The number of carboxylic acids is 1. The highest BCUT2D eigenvalue weighted by molar-refractivity contribution is 5.73. The molecule has 0 fully saturated rings. The molecule has 2 aromatic rings. The first-order valence-corrected chi connectivity index (χ1v) is 6.86. The Hall–Kier alpha value is -2.49. The van der Waals surface area contributed by atoms with Crippen LogP contribution in [0.1, 0.15) is 5.56 Å². The Morgan fingerprint density at radius 1 is 1.14 bits per heavy atom. The van der Waals surface area contributed by atoms with E-state index in [0.717, 1.165) is 17.0 Å². The van der Waals surface area contributed by atoms with Crippen molar-refractivity contribution in [2.24, 2.45) is 0 Å². The molecular formula is C17H19NO3. The number of aryl methyl sites for hydroxylation is 1. The number of ether oxygens (including phenoxy) is 1. The summed E-state index contributed by atoms with van der Waals surface area (Å²) < 4.78 is 5.69. The van der Waals surface area contributed by atoms with Crippen molar-refractivity contribution in [3.63, 3.8) is 0 Å². The average molecular weight is 285 g/mol. The molecular weight excluding hydrogens is 266 g/mol. The van der Waals surface area contributed by atoms with Crippen molar-refractivity contribution in [1.82, 2.24) is 0 Å². The topological polar surface area (TPSA) is 49.8 Å². The number of para-hydroxylation sites is 1. The third-order valence-corrected chi connectivity index (χ3v) is 3.07. The molecule has 2 rings (SSSR count). The molecule has 0 radical (unpaired) electrons. The third-order valence-electron chi connectivity index (χ3n) is 3.07. The van der Waals surface area contributed by atoms with Crippen LogP contribution in [-0.2, 0) is 4.79 Å². The molecule has 0 aliphatic carbocycles. The van der Waals surface area contributed by atoms with E-state index in [1.54, 1.807) is 4.90 Å². The summed E-state index contributed by atoms with van der Waals surface area (Å²) in [5.74, 6) is -0.0484. The molecule has 0 saturated carbocycles. The maximum absolute atomic E-state index is 11.0. The van der Waals surface area contributed by atoms with E-state index in [1.165, 1.54) is 0 Å². The second kappa shape index (κ2) is 7.33. The van der Waals surface area contributed by atoms with Crippen LogP contribution in [0, 0.1) is 6.92 Å². The first-order valence-electron chi connectivity index (χ1n) is 6.86. The molecule has 0 unspecified atom stereocenters. The van der Waals surface area contributed by atoms with Crippen LogP contribution in [0.25, 0.3) is 0 Å². The Morgan fingerprint density at radius 3 is 2.57 bits per heavy atom. The Balaban J connectivity index is 1.95. The number of carboxylic acid groups (broad SMARTS) is 1. The zero-order chi connectivity index (χ0) is 15.1. The van der Waals surface area contributed by atoms with E-state index in [1.807, 2.05) is 61.5 Å². The van der Waals surface area contributed by atoms with Gasteiger partial charge in [0.25, 0.3) is 0 Å². The highest BCUT2D eigenvalue weighted by Gasteiger charge is 2.10. The summed E-state index contributed by atoms with van der Waals surface area (Å²) in [6.07, 6.45) is 0. The molecule has 21 heavy (non-hydrogen) atoms. The highest BCUT2D eigenvalue weighted by Crippen LogP contribution is 2.15.